The van der Waals surface area contributed by atoms with Gasteiger partial charge in [-0.15, -0.1) is 11.6 Å². The highest BCUT2D eigenvalue weighted by atomic mass is 35.5. The number of benzene rings is 3. The number of alkyl halides is 1. The lowest BCUT2D eigenvalue weighted by Gasteiger charge is -2.40. The molecule has 0 amide bonds. The maximum absolute atomic E-state index is 10.6. The molecule has 8 heteroatoms. The molecule has 214 valence electrons. The van der Waals surface area contributed by atoms with Crippen LogP contribution in [0.3, 0.4) is 0 Å². The van der Waals surface area contributed by atoms with E-state index in [4.69, 9.17) is 21.1 Å². The summed E-state index contributed by atoms with van der Waals surface area (Å²) in [7, 11) is 3.99. The van der Waals surface area contributed by atoms with Gasteiger partial charge in [-0.3, -0.25) is 0 Å². The van der Waals surface area contributed by atoms with Gasteiger partial charge >= 0.3 is 0 Å². The molecule has 1 aliphatic heterocycles. The quantitative estimate of drug-likeness (QED) is 0.262. The van der Waals surface area contributed by atoms with Gasteiger partial charge in [0, 0.05) is 6.54 Å². The fraction of sp³-hybridized carbons (Fsp3) is 0.375. The number of allylic oxidation sites excluding steroid dienone is 1. The minimum absolute atomic E-state index is 0.429. The van der Waals surface area contributed by atoms with Gasteiger partial charge in [0.2, 0.25) is 0 Å². The number of likely N-dealkylation sites (N-methyl/N-ethyl adjacent to an activating group) is 1. The standard InChI is InChI=1S/C32H38ClNO6/c1-21(22-7-5-4-6-8-22)19-32(33,25-13-15-26(16-14-25)39-18-17-34(2)3)24-11-9-23(10-12-24)31-30(38)29(37)28(36)27(20-35)40-31/h4-16,27-31,35-38H,1,17-20H2,2-3H3/t27-,28-,29+,30-,31+,32?/m1/s1. The van der Waals surface area contributed by atoms with Crippen molar-refractivity contribution in [3.8, 4) is 5.75 Å². The molecule has 1 unspecified atom stereocenters. The number of ether oxygens (including phenoxy) is 2. The molecular weight excluding hydrogens is 530 g/mol. The molecule has 40 heavy (non-hydrogen) atoms. The average Bonchev–Trinajstić information content (AvgIpc) is 2.97. The van der Waals surface area contributed by atoms with Crippen LogP contribution in [0.1, 0.15) is 34.8 Å². The third kappa shape index (κ3) is 6.75. The van der Waals surface area contributed by atoms with Crippen molar-refractivity contribution in [3.63, 3.8) is 0 Å². The fourth-order valence-electron chi connectivity index (χ4n) is 4.92. The van der Waals surface area contributed by atoms with Crippen molar-refractivity contribution in [2.24, 2.45) is 0 Å². The highest BCUT2D eigenvalue weighted by Gasteiger charge is 2.44. The molecule has 1 heterocycles. The summed E-state index contributed by atoms with van der Waals surface area (Å²) in [4.78, 5) is 1.09. The Balaban J connectivity index is 1.64. The summed E-state index contributed by atoms with van der Waals surface area (Å²) < 4.78 is 11.6. The minimum Gasteiger partial charge on any atom is -0.492 e. The number of aliphatic hydroxyl groups excluding tert-OH is 4. The number of nitrogens with zero attached hydrogens (tertiary/aromatic N) is 1. The summed E-state index contributed by atoms with van der Waals surface area (Å²) in [5, 5.41) is 40.5. The van der Waals surface area contributed by atoms with Gasteiger partial charge in [0.25, 0.3) is 0 Å². The lowest BCUT2D eigenvalue weighted by atomic mass is 9.82. The molecule has 1 saturated heterocycles. The van der Waals surface area contributed by atoms with E-state index in [0.717, 1.165) is 34.6 Å². The lowest BCUT2D eigenvalue weighted by Crippen LogP contribution is -2.55. The van der Waals surface area contributed by atoms with Gasteiger partial charge in [0.1, 0.15) is 42.9 Å². The summed E-state index contributed by atoms with van der Waals surface area (Å²) in [6, 6.07) is 24.9. The zero-order valence-corrected chi connectivity index (χ0v) is 23.6. The Morgan fingerprint density at radius 3 is 2.08 bits per heavy atom. The van der Waals surface area contributed by atoms with Gasteiger partial charge in [0.15, 0.2) is 0 Å². The normalized spacial score (nSPS) is 24.4. The van der Waals surface area contributed by atoms with E-state index in [1.807, 2.05) is 80.8 Å². The van der Waals surface area contributed by atoms with E-state index >= 15 is 0 Å². The van der Waals surface area contributed by atoms with Crippen molar-refractivity contribution < 1.29 is 29.9 Å². The van der Waals surface area contributed by atoms with Gasteiger partial charge in [-0.1, -0.05) is 73.3 Å². The van der Waals surface area contributed by atoms with Crippen LogP contribution in [0.4, 0.5) is 0 Å². The van der Waals surface area contributed by atoms with Crippen LogP contribution in [0.5, 0.6) is 5.75 Å². The largest absolute Gasteiger partial charge is 0.492 e. The molecule has 0 aliphatic carbocycles. The number of halogens is 1. The Morgan fingerprint density at radius 1 is 0.900 bits per heavy atom. The first-order valence-electron chi connectivity index (χ1n) is 13.3. The van der Waals surface area contributed by atoms with Crippen LogP contribution < -0.4 is 4.74 Å². The molecule has 6 atom stereocenters. The second-order valence-corrected chi connectivity index (χ2v) is 11.1. The smallest absolute Gasteiger partial charge is 0.119 e. The van der Waals surface area contributed by atoms with Gasteiger partial charge in [-0.25, -0.2) is 0 Å². The number of hydrogen-bond acceptors (Lipinski definition) is 7. The second-order valence-electron chi connectivity index (χ2n) is 10.5. The predicted octanol–water partition coefficient (Wildman–Crippen LogP) is 3.73. The molecule has 0 aromatic heterocycles. The minimum atomic E-state index is -1.45. The average molecular weight is 568 g/mol. The zero-order valence-electron chi connectivity index (χ0n) is 22.9. The Kier molecular flexibility index (Phi) is 10.0. The maximum Gasteiger partial charge on any atom is 0.119 e. The van der Waals surface area contributed by atoms with E-state index in [2.05, 4.69) is 11.5 Å². The molecular formula is C32H38ClNO6. The molecule has 4 rings (SSSR count). The number of hydrogen-bond donors (Lipinski definition) is 4. The zero-order chi connectivity index (χ0) is 28.9. The molecule has 0 saturated carbocycles. The Hall–Kier alpha value is -2.75. The summed E-state index contributed by atoms with van der Waals surface area (Å²) in [5.74, 6) is 0.754. The second kappa shape index (κ2) is 13.3. The summed E-state index contributed by atoms with van der Waals surface area (Å²) in [6.07, 6.45) is -5.70. The van der Waals surface area contributed by atoms with Crippen molar-refractivity contribution in [1.29, 1.82) is 0 Å². The molecule has 1 fully saturated rings. The monoisotopic (exact) mass is 567 g/mol. The SMILES string of the molecule is C=C(CC(Cl)(c1ccc(OCCN(C)C)cc1)c1ccc([C@@H]2O[C@H](CO)[C@@H](O)[C@H](O)[C@H]2O)cc1)c1ccccc1. The molecule has 0 spiro atoms. The molecule has 7 nitrogen and oxygen atoms in total. The van der Waals surface area contributed by atoms with Crippen LogP contribution >= 0.6 is 11.6 Å². The number of rotatable bonds is 11. The Labute approximate surface area is 240 Å². The number of aliphatic hydroxyl groups is 4. The summed E-state index contributed by atoms with van der Waals surface area (Å²) in [6.45, 7) is 5.22. The van der Waals surface area contributed by atoms with E-state index < -0.39 is 42.0 Å². The maximum atomic E-state index is 10.6. The van der Waals surface area contributed by atoms with Crippen molar-refractivity contribution in [2.45, 2.75) is 41.8 Å². The lowest BCUT2D eigenvalue weighted by molar-refractivity contribution is -0.231. The summed E-state index contributed by atoms with van der Waals surface area (Å²) >= 11 is 7.49. The predicted molar refractivity (Wildman–Crippen MR) is 156 cm³/mol. The first kappa shape index (κ1) is 30.2. The first-order chi connectivity index (χ1) is 19.1. The van der Waals surface area contributed by atoms with Crippen LogP contribution in [-0.4, -0.2) is 83.6 Å². The van der Waals surface area contributed by atoms with Crippen LogP contribution in [-0.2, 0) is 9.61 Å². The van der Waals surface area contributed by atoms with Gasteiger partial charge in [0.05, 0.1) is 11.5 Å². The topological polar surface area (TPSA) is 103 Å². The fourth-order valence-corrected chi connectivity index (χ4v) is 5.33. The van der Waals surface area contributed by atoms with Gasteiger partial charge in [-0.05, 0) is 60.5 Å². The first-order valence-corrected chi connectivity index (χ1v) is 13.7. The van der Waals surface area contributed by atoms with Crippen LogP contribution in [0.2, 0.25) is 0 Å². The van der Waals surface area contributed by atoms with E-state index in [1.54, 1.807) is 12.1 Å². The van der Waals surface area contributed by atoms with Crippen LogP contribution in [0, 0.1) is 0 Å². The van der Waals surface area contributed by atoms with Gasteiger partial charge < -0.3 is 34.8 Å². The third-order valence-corrected chi connectivity index (χ3v) is 7.92. The highest BCUT2D eigenvalue weighted by molar-refractivity contribution is 6.26. The molecule has 4 N–H and O–H groups in total. The van der Waals surface area contributed by atoms with Gasteiger partial charge in [-0.2, -0.15) is 0 Å². The molecule has 0 radical (unpaired) electrons. The van der Waals surface area contributed by atoms with Crippen molar-refractivity contribution >= 4 is 17.2 Å². The van der Waals surface area contributed by atoms with E-state index in [0.29, 0.717) is 18.6 Å². The molecule has 3 aromatic rings. The van der Waals surface area contributed by atoms with Crippen molar-refractivity contribution in [3.05, 3.63) is 108 Å². The van der Waals surface area contributed by atoms with Crippen molar-refractivity contribution in [2.75, 3.05) is 33.9 Å². The molecule has 0 bridgehead atoms. The third-order valence-electron chi connectivity index (χ3n) is 7.35. The van der Waals surface area contributed by atoms with E-state index in [9.17, 15) is 20.4 Å². The van der Waals surface area contributed by atoms with Crippen LogP contribution in [0.25, 0.3) is 5.57 Å². The Morgan fingerprint density at radius 2 is 1.50 bits per heavy atom. The van der Waals surface area contributed by atoms with Crippen molar-refractivity contribution in [1.82, 2.24) is 4.90 Å². The molecule has 3 aromatic carbocycles. The van der Waals surface area contributed by atoms with E-state index in [1.165, 1.54) is 0 Å². The Bertz CT molecular complexity index is 1230. The van der Waals surface area contributed by atoms with E-state index in [-0.39, 0.29) is 0 Å². The highest BCUT2D eigenvalue weighted by Crippen LogP contribution is 2.45. The molecule has 1 aliphatic rings. The van der Waals surface area contributed by atoms with Crippen LogP contribution in [0.15, 0.2) is 85.4 Å². The summed E-state index contributed by atoms with van der Waals surface area (Å²) in [5.41, 5.74) is 4.13.